The summed E-state index contributed by atoms with van der Waals surface area (Å²) in [6.07, 6.45) is 0. The molecule has 0 unspecified atom stereocenters. The third kappa shape index (κ3) is 4.66. The van der Waals surface area contributed by atoms with Crippen LogP contribution in [0.2, 0.25) is 5.02 Å². The lowest BCUT2D eigenvalue weighted by molar-refractivity contribution is -0.113. The molecule has 2 aromatic carbocycles. The summed E-state index contributed by atoms with van der Waals surface area (Å²) < 4.78 is 0.938. The number of nitrogen functional groups attached to an aromatic ring is 1. The number of hydrogen-bond acceptors (Lipinski definition) is 3. The highest BCUT2D eigenvalue weighted by molar-refractivity contribution is 9.10. The maximum atomic E-state index is 12.0. The van der Waals surface area contributed by atoms with E-state index in [-0.39, 0.29) is 5.91 Å². The predicted molar refractivity (Wildman–Crippen MR) is 94.1 cm³/mol. The van der Waals surface area contributed by atoms with Gasteiger partial charge in [0.05, 0.1) is 5.75 Å². The minimum atomic E-state index is -0.0789. The Hall–Kier alpha value is -1.17. The zero-order valence-electron chi connectivity index (χ0n) is 11.3. The minimum absolute atomic E-state index is 0.0789. The number of carbonyl (C=O) groups is 1. The highest BCUT2D eigenvalue weighted by atomic mass is 79.9. The molecule has 0 saturated carbocycles. The molecule has 0 spiro atoms. The second-order valence-corrected chi connectivity index (χ2v) is 6.85. The number of benzene rings is 2. The van der Waals surface area contributed by atoms with Crippen molar-refractivity contribution in [1.29, 1.82) is 0 Å². The summed E-state index contributed by atoms with van der Waals surface area (Å²) in [5, 5.41) is 3.53. The lowest BCUT2D eigenvalue weighted by Crippen LogP contribution is -2.14. The Bertz CT molecular complexity index is 679. The number of amides is 1. The van der Waals surface area contributed by atoms with Crippen molar-refractivity contribution in [2.24, 2.45) is 0 Å². The van der Waals surface area contributed by atoms with Gasteiger partial charge in [0.2, 0.25) is 5.91 Å². The highest BCUT2D eigenvalue weighted by Crippen LogP contribution is 2.28. The first-order valence-corrected chi connectivity index (χ1v) is 8.35. The molecular formula is C15H14BrClN2OS. The van der Waals surface area contributed by atoms with E-state index in [1.807, 2.05) is 31.2 Å². The van der Waals surface area contributed by atoms with Gasteiger partial charge in [-0.1, -0.05) is 27.5 Å². The van der Waals surface area contributed by atoms with Crippen LogP contribution < -0.4 is 11.1 Å². The molecule has 0 fully saturated rings. The molecule has 0 heterocycles. The number of anilines is 2. The molecule has 1 amide bonds. The van der Waals surface area contributed by atoms with Gasteiger partial charge in [-0.05, 0) is 48.9 Å². The lowest BCUT2D eigenvalue weighted by Gasteiger charge is -2.09. The Labute approximate surface area is 141 Å². The molecule has 3 N–H and O–H groups in total. The lowest BCUT2D eigenvalue weighted by atomic mass is 10.2. The molecule has 3 nitrogen and oxygen atoms in total. The fraction of sp³-hybridized carbons (Fsp3) is 0.133. The Kier molecular flexibility index (Phi) is 5.56. The third-order valence-electron chi connectivity index (χ3n) is 2.80. The van der Waals surface area contributed by atoms with Crippen LogP contribution in [0.5, 0.6) is 0 Å². The van der Waals surface area contributed by atoms with E-state index in [0.717, 1.165) is 20.6 Å². The number of halogens is 2. The molecule has 6 heteroatoms. The summed E-state index contributed by atoms with van der Waals surface area (Å²) in [7, 11) is 0. The van der Waals surface area contributed by atoms with Crippen LogP contribution in [-0.4, -0.2) is 11.7 Å². The number of carbonyl (C=O) groups excluding carboxylic acids is 1. The van der Waals surface area contributed by atoms with Gasteiger partial charge in [0.15, 0.2) is 0 Å². The summed E-state index contributed by atoms with van der Waals surface area (Å²) in [5.74, 6) is 0.215. The molecule has 110 valence electrons. The van der Waals surface area contributed by atoms with Gasteiger partial charge < -0.3 is 11.1 Å². The maximum absolute atomic E-state index is 12.0. The highest BCUT2D eigenvalue weighted by Gasteiger charge is 2.08. The van der Waals surface area contributed by atoms with E-state index in [1.54, 1.807) is 12.1 Å². The molecule has 21 heavy (non-hydrogen) atoms. The number of nitrogens with two attached hydrogens (primary N) is 1. The van der Waals surface area contributed by atoms with E-state index in [0.29, 0.717) is 16.5 Å². The number of thioether (sulfide) groups is 1. The zero-order valence-corrected chi connectivity index (χ0v) is 14.5. The maximum Gasteiger partial charge on any atom is 0.234 e. The normalized spacial score (nSPS) is 10.4. The fourth-order valence-electron chi connectivity index (χ4n) is 1.73. The molecule has 0 bridgehead atoms. The standard InChI is InChI=1S/C15H14BrClN2OS/c1-9-6-11(17)3-5-13(9)19-15(20)8-21-14-7-10(16)2-4-12(14)18/h2-7H,8,18H2,1H3,(H,19,20). The molecule has 0 aliphatic carbocycles. The van der Waals surface area contributed by atoms with Gasteiger partial charge >= 0.3 is 0 Å². The van der Waals surface area contributed by atoms with Crippen molar-refractivity contribution in [3.8, 4) is 0 Å². The summed E-state index contributed by atoms with van der Waals surface area (Å²) in [4.78, 5) is 12.9. The molecule has 2 aromatic rings. The fourth-order valence-corrected chi connectivity index (χ4v) is 3.27. The van der Waals surface area contributed by atoms with Crippen LogP contribution in [0.3, 0.4) is 0 Å². The number of nitrogens with one attached hydrogen (secondary N) is 1. The molecule has 2 rings (SSSR count). The van der Waals surface area contributed by atoms with E-state index in [9.17, 15) is 4.79 Å². The van der Waals surface area contributed by atoms with Gasteiger partial charge in [-0.2, -0.15) is 0 Å². The van der Waals surface area contributed by atoms with E-state index < -0.39 is 0 Å². The van der Waals surface area contributed by atoms with E-state index in [2.05, 4.69) is 21.2 Å². The zero-order chi connectivity index (χ0) is 15.4. The average Bonchev–Trinajstić information content (AvgIpc) is 2.43. The van der Waals surface area contributed by atoms with Crippen LogP contribution >= 0.6 is 39.3 Å². The van der Waals surface area contributed by atoms with Gasteiger partial charge in [-0.15, -0.1) is 11.8 Å². The van der Waals surface area contributed by atoms with Crippen molar-refractivity contribution < 1.29 is 4.79 Å². The molecular weight excluding hydrogens is 372 g/mol. The van der Waals surface area contributed by atoms with Crippen molar-refractivity contribution in [3.05, 3.63) is 51.5 Å². The van der Waals surface area contributed by atoms with Crippen LogP contribution in [0.1, 0.15) is 5.56 Å². The molecule has 0 atom stereocenters. The van der Waals surface area contributed by atoms with Crippen LogP contribution in [0.4, 0.5) is 11.4 Å². The second kappa shape index (κ2) is 7.20. The van der Waals surface area contributed by atoms with E-state index in [4.69, 9.17) is 17.3 Å². The van der Waals surface area contributed by atoms with Crippen molar-refractivity contribution in [3.63, 3.8) is 0 Å². The van der Waals surface area contributed by atoms with Gasteiger partial charge in [0.1, 0.15) is 0 Å². The van der Waals surface area contributed by atoms with Crippen LogP contribution in [0, 0.1) is 6.92 Å². The van der Waals surface area contributed by atoms with Crippen LogP contribution in [0.15, 0.2) is 45.8 Å². The van der Waals surface area contributed by atoms with Crippen molar-refractivity contribution >= 4 is 56.6 Å². The number of aryl methyl sites for hydroxylation is 1. The molecule has 0 radical (unpaired) electrons. The smallest absolute Gasteiger partial charge is 0.234 e. The first-order valence-electron chi connectivity index (χ1n) is 6.19. The first kappa shape index (κ1) is 16.2. The molecule has 0 aromatic heterocycles. The predicted octanol–water partition coefficient (Wildman–Crippen LogP) is 4.72. The van der Waals surface area contributed by atoms with Crippen molar-refractivity contribution in [2.45, 2.75) is 11.8 Å². The number of rotatable bonds is 4. The monoisotopic (exact) mass is 384 g/mol. The second-order valence-electron chi connectivity index (χ2n) is 4.48. The van der Waals surface area contributed by atoms with Gasteiger partial charge in [0.25, 0.3) is 0 Å². The topological polar surface area (TPSA) is 55.1 Å². The summed E-state index contributed by atoms with van der Waals surface area (Å²) in [6.45, 7) is 1.90. The largest absolute Gasteiger partial charge is 0.398 e. The van der Waals surface area contributed by atoms with E-state index in [1.165, 1.54) is 11.8 Å². The van der Waals surface area contributed by atoms with Crippen molar-refractivity contribution in [2.75, 3.05) is 16.8 Å². The molecule has 0 aliphatic rings. The molecule has 0 aliphatic heterocycles. The van der Waals surface area contributed by atoms with E-state index >= 15 is 0 Å². The van der Waals surface area contributed by atoms with Crippen molar-refractivity contribution in [1.82, 2.24) is 0 Å². The van der Waals surface area contributed by atoms with Crippen LogP contribution in [-0.2, 0) is 4.79 Å². The summed E-state index contributed by atoms with van der Waals surface area (Å²) in [5.41, 5.74) is 8.25. The van der Waals surface area contributed by atoms with Crippen LogP contribution in [0.25, 0.3) is 0 Å². The third-order valence-corrected chi connectivity index (χ3v) is 4.60. The Morgan fingerprint density at radius 1 is 1.33 bits per heavy atom. The van der Waals surface area contributed by atoms with Gasteiger partial charge in [0, 0.05) is 25.8 Å². The van der Waals surface area contributed by atoms with Gasteiger partial charge in [-0.25, -0.2) is 0 Å². The minimum Gasteiger partial charge on any atom is -0.398 e. The van der Waals surface area contributed by atoms with Gasteiger partial charge in [-0.3, -0.25) is 4.79 Å². The summed E-state index contributed by atoms with van der Waals surface area (Å²) in [6, 6.07) is 11.0. The Morgan fingerprint density at radius 2 is 2.10 bits per heavy atom. The average molecular weight is 386 g/mol. The first-order chi connectivity index (χ1) is 9.95. The Morgan fingerprint density at radius 3 is 2.81 bits per heavy atom. The summed E-state index contributed by atoms with van der Waals surface area (Å²) >= 11 is 10.7. The molecule has 0 saturated heterocycles. The SMILES string of the molecule is Cc1cc(Cl)ccc1NC(=O)CSc1cc(Br)ccc1N. The quantitative estimate of drug-likeness (QED) is 0.591. The number of hydrogen-bond donors (Lipinski definition) is 2. The Balaban J connectivity index is 1.97.